The highest BCUT2D eigenvalue weighted by Gasteiger charge is 2.16. The van der Waals surface area contributed by atoms with Crippen LogP contribution in [-0.2, 0) is 7.05 Å². The maximum absolute atomic E-state index is 12.2. The van der Waals surface area contributed by atoms with Gasteiger partial charge in [0.15, 0.2) is 11.5 Å². The molecule has 2 amide bonds. The number of anilines is 1. The van der Waals surface area contributed by atoms with Gasteiger partial charge < -0.3 is 14.8 Å². The molecule has 0 fully saturated rings. The lowest BCUT2D eigenvalue weighted by atomic mass is 10.0. The van der Waals surface area contributed by atoms with Gasteiger partial charge in [-0.2, -0.15) is 5.10 Å². The fourth-order valence-electron chi connectivity index (χ4n) is 2.62. The average molecular weight is 332 g/mol. The van der Waals surface area contributed by atoms with Crippen molar-refractivity contribution in [3.05, 3.63) is 35.0 Å². The van der Waals surface area contributed by atoms with Crippen LogP contribution >= 0.6 is 0 Å². The summed E-state index contributed by atoms with van der Waals surface area (Å²) in [5, 5.41) is 9.92. The number of nitrogens with zero attached hydrogens (tertiary/aromatic N) is 2. The first-order valence-corrected chi connectivity index (χ1v) is 7.66. The third kappa shape index (κ3) is 3.79. The van der Waals surface area contributed by atoms with Crippen LogP contribution in [0, 0.1) is 13.8 Å². The molecular weight excluding hydrogens is 308 g/mol. The van der Waals surface area contributed by atoms with Gasteiger partial charge in [-0.1, -0.05) is 0 Å². The minimum atomic E-state index is -0.292. The molecule has 0 saturated carbocycles. The zero-order valence-corrected chi connectivity index (χ0v) is 14.9. The van der Waals surface area contributed by atoms with E-state index in [4.69, 9.17) is 9.47 Å². The molecule has 0 saturated heterocycles. The van der Waals surface area contributed by atoms with Crippen molar-refractivity contribution in [2.24, 2.45) is 7.05 Å². The van der Waals surface area contributed by atoms with Crippen LogP contribution in [0.15, 0.2) is 18.2 Å². The highest BCUT2D eigenvalue weighted by molar-refractivity contribution is 5.88. The van der Waals surface area contributed by atoms with E-state index in [1.807, 2.05) is 39.0 Å². The predicted molar refractivity (Wildman–Crippen MR) is 92.8 cm³/mol. The van der Waals surface area contributed by atoms with Crippen molar-refractivity contribution in [1.29, 1.82) is 0 Å². The number of hydrogen-bond donors (Lipinski definition) is 2. The molecule has 1 atom stereocenters. The molecule has 0 unspecified atom stereocenters. The summed E-state index contributed by atoms with van der Waals surface area (Å²) in [6, 6.07) is 5.10. The quantitative estimate of drug-likeness (QED) is 0.882. The molecule has 2 aromatic rings. The van der Waals surface area contributed by atoms with E-state index in [1.54, 1.807) is 25.9 Å². The van der Waals surface area contributed by atoms with Gasteiger partial charge in [-0.25, -0.2) is 4.79 Å². The van der Waals surface area contributed by atoms with Gasteiger partial charge in [-0.05, 0) is 44.0 Å². The Hall–Kier alpha value is -2.70. The number of carbonyl (C=O) groups excluding carboxylic acids is 1. The van der Waals surface area contributed by atoms with Gasteiger partial charge in [-0.3, -0.25) is 10.00 Å². The Balaban J connectivity index is 2.13. The van der Waals surface area contributed by atoms with Crippen LogP contribution in [-0.4, -0.2) is 30.0 Å². The summed E-state index contributed by atoms with van der Waals surface area (Å²) in [6.45, 7) is 5.76. The van der Waals surface area contributed by atoms with Crippen molar-refractivity contribution in [2.75, 3.05) is 19.5 Å². The molecule has 0 aliphatic rings. The van der Waals surface area contributed by atoms with Crippen molar-refractivity contribution in [3.63, 3.8) is 0 Å². The van der Waals surface area contributed by atoms with E-state index in [2.05, 4.69) is 15.7 Å². The Bertz CT molecular complexity index is 740. The SMILES string of the molecule is COc1cc(C)c([C@@H](C)NC(=O)Nc2cc(C)nn2C)cc1OC. The molecule has 2 rings (SSSR count). The van der Waals surface area contributed by atoms with Gasteiger partial charge in [0.2, 0.25) is 0 Å². The molecule has 0 bridgehead atoms. The molecule has 7 heteroatoms. The first-order chi connectivity index (χ1) is 11.3. The smallest absolute Gasteiger partial charge is 0.320 e. The Labute approximate surface area is 142 Å². The van der Waals surface area contributed by atoms with Gasteiger partial charge in [0.05, 0.1) is 26.0 Å². The molecule has 0 aliphatic heterocycles. The molecule has 130 valence electrons. The van der Waals surface area contributed by atoms with Crippen molar-refractivity contribution in [3.8, 4) is 11.5 Å². The number of carbonyl (C=O) groups is 1. The van der Waals surface area contributed by atoms with Crippen molar-refractivity contribution >= 4 is 11.8 Å². The molecule has 24 heavy (non-hydrogen) atoms. The standard InChI is InChI=1S/C17H24N4O3/c1-10-7-14(23-5)15(24-6)9-13(10)12(3)18-17(22)19-16-8-11(2)20-21(16)4/h7-9,12H,1-6H3,(H2,18,19,22)/t12-/m1/s1. The normalized spacial score (nSPS) is 11.8. The van der Waals surface area contributed by atoms with Crippen LogP contribution in [0.25, 0.3) is 0 Å². The van der Waals surface area contributed by atoms with E-state index in [9.17, 15) is 4.79 Å². The number of hydrogen-bond acceptors (Lipinski definition) is 4. The van der Waals surface area contributed by atoms with Crippen LogP contribution in [0.4, 0.5) is 10.6 Å². The highest BCUT2D eigenvalue weighted by Crippen LogP contribution is 2.32. The Morgan fingerprint density at radius 3 is 2.33 bits per heavy atom. The van der Waals surface area contributed by atoms with Crippen LogP contribution in [0.1, 0.15) is 29.8 Å². The molecule has 2 N–H and O–H groups in total. The van der Waals surface area contributed by atoms with Gasteiger partial charge in [0.1, 0.15) is 5.82 Å². The third-order valence-electron chi connectivity index (χ3n) is 3.83. The highest BCUT2D eigenvalue weighted by atomic mass is 16.5. The monoisotopic (exact) mass is 332 g/mol. The van der Waals surface area contributed by atoms with Crippen molar-refractivity contribution in [1.82, 2.24) is 15.1 Å². The number of aromatic nitrogens is 2. The van der Waals surface area contributed by atoms with Gasteiger partial charge >= 0.3 is 6.03 Å². The van der Waals surface area contributed by atoms with Crippen LogP contribution < -0.4 is 20.1 Å². The summed E-state index contributed by atoms with van der Waals surface area (Å²) in [5.74, 6) is 1.94. The van der Waals surface area contributed by atoms with Crippen molar-refractivity contribution in [2.45, 2.75) is 26.8 Å². The minimum absolute atomic E-state index is 0.195. The van der Waals surface area contributed by atoms with E-state index in [1.165, 1.54) is 0 Å². The Morgan fingerprint density at radius 2 is 1.79 bits per heavy atom. The number of urea groups is 1. The molecule has 0 aliphatic carbocycles. The lowest BCUT2D eigenvalue weighted by Gasteiger charge is -2.19. The average Bonchev–Trinajstić information content (AvgIpc) is 2.83. The summed E-state index contributed by atoms with van der Waals surface area (Å²) in [6.07, 6.45) is 0. The first-order valence-electron chi connectivity index (χ1n) is 7.66. The zero-order valence-electron chi connectivity index (χ0n) is 14.9. The molecule has 7 nitrogen and oxygen atoms in total. The maximum Gasteiger partial charge on any atom is 0.320 e. The zero-order chi connectivity index (χ0) is 17.9. The summed E-state index contributed by atoms with van der Waals surface area (Å²) in [4.78, 5) is 12.2. The summed E-state index contributed by atoms with van der Waals surface area (Å²) >= 11 is 0. The predicted octanol–water partition coefficient (Wildman–Crippen LogP) is 2.94. The van der Waals surface area contributed by atoms with Crippen LogP contribution in [0.3, 0.4) is 0 Å². The third-order valence-corrected chi connectivity index (χ3v) is 3.83. The molecule has 1 aromatic carbocycles. The summed E-state index contributed by atoms with van der Waals surface area (Å²) < 4.78 is 12.3. The number of rotatable bonds is 5. The maximum atomic E-state index is 12.2. The Morgan fingerprint density at radius 1 is 1.17 bits per heavy atom. The Kier molecular flexibility index (Phi) is 5.33. The van der Waals surface area contributed by atoms with E-state index in [0.717, 1.165) is 16.8 Å². The number of benzene rings is 1. The lowest BCUT2D eigenvalue weighted by Crippen LogP contribution is -2.32. The minimum Gasteiger partial charge on any atom is -0.493 e. The second-order valence-corrected chi connectivity index (χ2v) is 5.68. The number of amides is 2. The lowest BCUT2D eigenvalue weighted by molar-refractivity contribution is 0.249. The fraction of sp³-hybridized carbons (Fsp3) is 0.412. The summed E-state index contributed by atoms with van der Waals surface area (Å²) in [7, 11) is 4.97. The summed E-state index contributed by atoms with van der Waals surface area (Å²) in [5.41, 5.74) is 2.82. The largest absolute Gasteiger partial charge is 0.493 e. The second-order valence-electron chi connectivity index (χ2n) is 5.68. The molecule has 0 radical (unpaired) electrons. The van der Waals surface area contributed by atoms with Crippen molar-refractivity contribution < 1.29 is 14.3 Å². The fourth-order valence-corrected chi connectivity index (χ4v) is 2.62. The first kappa shape index (κ1) is 17.7. The second kappa shape index (κ2) is 7.25. The van der Waals surface area contributed by atoms with Gasteiger partial charge in [-0.15, -0.1) is 0 Å². The molecular formula is C17H24N4O3. The number of methoxy groups -OCH3 is 2. The van der Waals surface area contributed by atoms with E-state index < -0.39 is 0 Å². The molecule has 0 spiro atoms. The van der Waals surface area contributed by atoms with Crippen LogP contribution in [0.2, 0.25) is 0 Å². The topological polar surface area (TPSA) is 77.4 Å². The van der Waals surface area contributed by atoms with E-state index in [0.29, 0.717) is 17.3 Å². The molecule has 1 heterocycles. The number of nitrogens with one attached hydrogen (secondary N) is 2. The number of aryl methyl sites for hydroxylation is 3. The van der Waals surface area contributed by atoms with Gasteiger partial charge in [0, 0.05) is 13.1 Å². The molecule has 1 aromatic heterocycles. The number of ether oxygens (including phenoxy) is 2. The van der Waals surface area contributed by atoms with E-state index in [-0.39, 0.29) is 12.1 Å². The van der Waals surface area contributed by atoms with Crippen LogP contribution in [0.5, 0.6) is 11.5 Å². The van der Waals surface area contributed by atoms with Gasteiger partial charge in [0.25, 0.3) is 0 Å². The van der Waals surface area contributed by atoms with E-state index >= 15 is 0 Å².